The molecule has 0 amide bonds. The zero-order chi connectivity index (χ0) is 22.6. The molecule has 1 aliphatic heterocycles. The van der Waals surface area contributed by atoms with Gasteiger partial charge in [0, 0.05) is 32.7 Å². The van der Waals surface area contributed by atoms with Crippen LogP contribution in [-0.4, -0.2) is 64.6 Å². The summed E-state index contributed by atoms with van der Waals surface area (Å²) in [6, 6.07) is 17.4. The SMILES string of the molecule is CC[C@@H](c1nnnn1CS(=O)(=O)c1ccc(C)cc1)N1CCN(Cc2ccccc2)CC1. The van der Waals surface area contributed by atoms with Crippen molar-refractivity contribution in [3.05, 3.63) is 71.5 Å². The van der Waals surface area contributed by atoms with E-state index < -0.39 is 9.84 Å². The summed E-state index contributed by atoms with van der Waals surface area (Å²) in [4.78, 5) is 5.10. The number of nitrogens with zero attached hydrogens (tertiary/aromatic N) is 6. The second-order valence-electron chi connectivity index (χ2n) is 8.32. The Balaban J connectivity index is 1.43. The normalized spacial score (nSPS) is 16.8. The molecule has 1 atom stereocenters. The lowest BCUT2D eigenvalue weighted by Crippen LogP contribution is -2.47. The Morgan fingerprint density at radius 1 is 0.969 bits per heavy atom. The monoisotopic (exact) mass is 454 g/mol. The lowest BCUT2D eigenvalue weighted by atomic mass is 10.1. The molecule has 1 aliphatic rings. The third-order valence-electron chi connectivity index (χ3n) is 6.01. The van der Waals surface area contributed by atoms with Crippen LogP contribution in [0.4, 0.5) is 0 Å². The summed E-state index contributed by atoms with van der Waals surface area (Å²) >= 11 is 0. The number of aryl methyl sites for hydroxylation is 1. The zero-order valence-corrected chi connectivity index (χ0v) is 19.4. The molecule has 0 unspecified atom stereocenters. The fourth-order valence-corrected chi connectivity index (χ4v) is 5.41. The van der Waals surface area contributed by atoms with Crippen molar-refractivity contribution >= 4 is 9.84 Å². The van der Waals surface area contributed by atoms with Crippen molar-refractivity contribution < 1.29 is 8.42 Å². The molecule has 0 saturated carbocycles. The maximum Gasteiger partial charge on any atom is 0.198 e. The summed E-state index contributed by atoms with van der Waals surface area (Å²) in [7, 11) is -3.54. The number of piperazine rings is 1. The first-order chi connectivity index (χ1) is 15.5. The second-order valence-corrected chi connectivity index (χ2v) is 10.3. The zero-order valence-electron chi connectivity index (χ0n) is 18.6. The van der Waals surface area contributed by atoms with Crippen molar-refractivity contribution in [2.24, 2.45) is 0 Å². The van der Waals surface area contributed by atoms with Gasteiger partial charge in [0.05, 0.1) is 10.9 Å². The van der Waals surface area contributed by atoms with Crippen LogP contribution in [0, 0.1) is 6.92 Å². The Kier molecular flexibility index (Phi) is 6.98. The quantitative estimate of drug-likeness (QED) is 0.517. The average Bonchev–Trinajstić information content (AvgIpc) is 3.23. The van der Waals surface area contributed by atoms with Gasteiger partial charge in [-0.2, -0.15) is 0 Å². The minimum Gasteiger partial charge on any atom is -0.297 e. The molecule has 0 bridgehead atoms. The third kappa shape index (κ3) is 5.23. The van der Waals surface area contributed by atoms with Crippen molar-refractivity contribution in [3.8, 4) is 0 Å². The average molecular weight is 455 g/mol. The minimum absolute atomic E-state index is 0.0166. The predicted octanol–water partition coefficient (Wildman–Crippen LogP) is 2.68. The van der Waals surface area contributed by atoms with Crippen LogP contribution < -0.4 is 0 Å². The van der Waals surface area contributed by atoms with Gasteiger partial charge in [0.1, 0.15) is 0 Å². The summed E-state index contributed by atoms with van der Waals surface area (Å²) in [6.07, 6.45) is 0.809. The number of rotatable bonds is 8. The van der Waals surface area contributed by atoms with Gasteiger partial charge < -0.3 is 0 Å². The van der Waals surface area contributed by atoms with Crippen LogP contribution >= 0.6 is 0 Å². The molecular weight excluding hydrogens is 424 g/mol. The van der Waals surface area contributed by atoms with E-state index in [1.54, 1.807) is 24.3 Å². The van der Waals surface area contributed by atoms with E-state index in [0.717, 1.165) is 44.7 Å². The summed E-state index contributed by atoms with van der Waals surface area (Å²) in [6.45, 7) is 8.66. The van der Waals surface area contributed by atoms with Gasteiger partial charge in [-0.1, -0.05) is 55.0 Å². The van der Waals surface area contributed by atoms with Crippen molar-refractivity contribution in [1.82, 2.24) is 30.0 Å². The second kappa shape index (κ2) is 9.89. The van der Waals surface area contributed by atoms with Gasteiger partial charge in [-0.3, -0.25) is 9.80 Å². The topological polar surface area (TPSA) is 84.2 Å². The summed E-state index contributed by atoms with van der Waals surface area (Å²) in [5, 5.41) is 12.1. The fourth-order valence-electron chi connectivity index (χ4n) is 4.20. The molecular formula is C23H30N6O2S. The van der Waals surface area contributed by atoms with E-state index in [9.17, 15) is 8.42 Å². The molecule has 2 aromatic carbocycles. The van der Waals surface area contributed by atoms with Gasteiger partial charge in [-0.15, -0.1) is 5.10 Å². The van der Waals surface area contributed by atoms with E-state index in [0.29, 0.717) is 5.82 Å². The first-order valence-corrected chi connectivity index (χ1v) is 12.7. The Hall–Kier alpha value is -2.62. The van der Waals surface area contributed by atoms with Crippen molar-refractivity contribution in [2.45, 2.75) is 43.6 Å². The summed E-state index contributed by atoms with van der Waals surface area (Å²) in [5.74, 6) is 0.350. The van der Waals surface area contributed by atoms with Crippen LogP contribution in [0.3, 0.4) is 0 Å². The first-order valence-electron chi connectivity index (χ1n) is 11.0. The highest BCUT2D eigenvalue weighted by Crippen LogP contribution is 2.25. The summed E-state index contributed by atoms with van der Waals surface area (Å²) < 4.78 is 27.3. The number of aromatic nitrogens is 4. The minimum atomic E-state index is -3.54. The Labute approximate surface area is 189 Å². The Morgan fingerprint density at radius 2 is 1.66 bits per heavy atom. The number of hydrogen-bond acceptors (Lipinski definition) is 7. The van der Waals surface area contributed by atoms with Crippen LogP contribution in [0.1, 0.15) is 36.3 Å². The van der Waals surface area contributed by atoms with E-state index in [1.165, 1.54) is 10.2 Å². The molecule has 2 heterocycles. The van der Waals surface area contributed by atoms with Gasteiger partial charge >= 0.3 is 0 Å². The Bertz CT molecular complexity index is 1110. The molecule has 1 saturated heterocycles. The van der Waals surface area contributed by atoms with Gasteiger partial charge in [-0.25, -0.2) is 13.1 Å². The van der Waals surface area contributed by atoms with Crippen LogP contribution in [0.15, 0.2) is 59.5 Å². The number of hydrogen-bond donors (Lipinski definition) is 0. The first kappa shape index (κ1) is 22.6. The lowest BCUT2D eigenvalue weighted by molar-refractivity contribution is 0.0846. The van der Waals surface area contributed by atoms with Crippen molar-refractivity contribution in [1.29, 1.82) is 0 Å². The van der Waals surface area contributed by atoms with Crippen molar-refractivity contribution in [3.63, 3.8) is 0 Å². The van der Waals surface area contributed by atoms with Crippen LogP contribution in [-0.2, 0) is 22.3 Å². The molecule has 0 spiro atoms. The molecule has 32 heavy (non-hydrogen) atoms. The summed E-state index contributed by atoms with van der Waals surface area (Å²) in [5.41, 5.74) is 2.34. The van der Waals surface area contributed by atoms with Crippen LogP contribution in [0.5, 0.6) is 0 Å². The smallest absolute Gasteiger partial charge is 0.198 e. The lowest BCUT2D eigenvalue weighted by Gasteiger charge is -2.38. The molecule has 0 N–H and O–H groups in total. The molecule has 1 aromatic heterocycles. The van der Waals surface area contributed by atoms with Gasteiger partial charge in [-0.05, 0) is 41.5 Å². The van der Waals surface area contributed by atoms with E-state index in [4.69, 9.17) is 0 Å². The largest absolute Gasteiger partial charge is 0.297 e. The van der Waals surface area contributed by atoms with E-state index in [1.807, 2.05) is 13.0 Å². The van der Waals surface area contributed by atoms with Gasteiger partial charge in [0.25, 0.3) is 0 Å². The maximum atomic E-state index is 12.9. The molecule has 170 valence electrons. The molecule has 4 rings (SSSR count). The molecule has 8 nitrogen and oxygen atoms in total. The van der Waals surface area contributed by atoms with Crippen molar-refractivity contribution in [2.75, 3.05) is 26.2 Å². The predicted molar refractivity (Wildman–Crippen MR) is 123 cm³/mol. The third-order valence-corrected chi connectivity index (χ3v) is 7.59. The van der Waals surface area contributed by atoms with E-state index in [-0.39, 0.29) is 16.8 Å². The fraction of sp³-hybridized carbons (Fsp3) is 0.435. The van der Waals surface area contributed by atoms with Gasteiger partial charge in [0.2, 0.25) is 0 Å². The maximum absolute atomic E-state index is 12.9. The Morgan fingerprint density at radius 3 is 2.31 bits per heavy atom. The van der Waals surface area contributed by atoms with Crippen LogP contribution in [0.2, 0.25) is 0 Å². The van der Waals surface area contributed by atoms with Crippen LogP contribution in [0.25, 0.3) is 0 Å². The standard InChI is InChI=1S/C23H30N6O2S/c1-3-22(28-15-13-27(14-16-28)17-20-7-5-4-6-8-20)23-24-25-26-29(23)18-32(30,31)21-11-9-19(2)10-12-21/h4-12,22H,3,13-18H2,1-2H3/t22-/m0/s1. The number of tetrazole rings is 1. The van der Waals surface area contributed by atoms with E-state index >= 15 is 0 Å². The number of benzene rings is 2. The molecule has 1 fully saturated rings. The molecule has 0 aliphatic carbocycles. The highest BCUT2D eigenvalue weighted by molar-refractivity contribution is 7.90. The molecule has 9 heteroatoms. The molecule has 3 aromatic rings. The van der Waals surface area contributed by atoms with E-state index in [2.05, 4.69) is 56.5 Å². The number of sulfone groups is 1. The highest BCUT2D eigenvalue weighted by Gasteiger charge is 2.29. The highest BCUT2D eigenvalue weighted by atomic mass is 32.2. The van der Waals surface area contributed by atoms with Gasteiger partial charge in [0.15, 0.2) is 21.5 Å². The molecule has 0 radical (unpaired) electrons.